The van der Waals surface area contributed by atoms with Crippen molar-refractivity contribution in [1.29, 1.82) is 0 Å². The minimum Gasteiger partial charge on any atom is -0.458 e. The molecule has 3 fully saturated rings. The number of aliphatic hydroxyl groups excluding tert-OH is 1. The molecular formula is C39H67N7O11. The highest BCUT2D eigenvalue weighted by Gasteiger charge is 2.58. The van der Waals surface area contributed by atoms with Gasteiger partial charge in [0.1, 0.15) is 24.7 Å². The predicted octanol–water partition coefficient (Wildman–Crippen LogP) is 3.95. The fourth-order valence-corrected chi connectivity index (χ4v) is 8.57. The Bertz CT molecular complexity index is 1430. The highest BCUT2D eigenvalue weighted by molar-refractivity contribution is 6.00. The molecule has 3 aliphatic rings. The number of carbonyl (C=O) groups is 4. The number of likely N-dealkylation sites (N-methyl/N-ethyl adjacent to an activating group) is 1. The number of nitrogens with zero attached hydrogens (tertiary/aromatic N) is 5. The largest absolute Gasteiger partial charge is 0.458 e. The lowest BCUT2D eigenvalue weighted by Crippen LogP contribution is -2.61. The Hall–Kier alpha value is -3.51. The maximum atomic E-state index is 14.4. The molecule has 3 unspecified atom stereocenters. The van der Waals surface area contributed by atoms with Crippen LogP contribution in [0.5, 0.6) is 0 Å². The zero-order valence-corrected chi connectivity index (χ0v) is 35.5. The maximum absolute atomic E-state index is 14.4. The van der Waals surface area contributed by atoms with Gasteiger partial charge in [-0.2, -0.15) is 0 Å². The van der Waals surface area contributed by atoms with Gasteiger partial charge in [-0.05, 0) is 91.9 Å². The number of ether oxygens (including phenoxy) is 6. The Labute approximate surface area is 337 Å². The third-order valence-electron chi connectivity index (χ3n) is 11.7. The summed E-state index contributed by atoms with van der Waals surface area (Å²) in [6.45, 7) is 17.3. The van der Waals surface area contributed by atoms with Crippen molar-refractivity contribution in [3.8, 4) is 0 Å². The molecule has 18 nitrogen and oxygen atoms in total. The maximum Gasteiger partial charge on any atom is 0.410 e. The molecule has 57 heavy (non-hydrogen) atoms. The van der Waals surface area contributed by atoms with Crippen molar-refractivity contribution in [3.63, 3.8) is 0 Å². The smallest absolute Gasteiger partial charge is 0.410 e. The van der Waals surface area contributed by atoms with Crippen LogP contribution in [0.2, 0.25) is 0 Å². The number of fused-ring (bicyclic) bond motifs is 1. The van der Waals surface area contributed by atoms with Crippen molar-refractivity contribution in [1.82, 2.24) is 20.4 Å². The van der Waals surface area contributed by atoms with Crippen LogP contribution in [0.15, 0.2) is 17.8 Å². The minimum atomic E-state index is -1.27. The molecule has 2 amide bonds. The number of methoxy groups -OCH3 is 1. The number of alkyl carbamates (subject to hydrolysis) is 1. The van der Waals surface area contributed by atoms with Gasteiger partial charge in [-0.25, -0.2) is 9.59 Å². The van der Waals surface area contributed by atoms with Crippen LogP contribution in [0.1, 0.15) is 80.6 Å². The number of unbranched alkanes of at least 4 members (excludes halogenated alkanes) is 1. The van der Waals surface area contributed by atoms with Crippen molar-refractivity contribution >= 4 is 23.9 Å². The quantitative estimate of drug-likeness (QED) is 0.0331. The molecule has 0 radical (unpaired) electrons. The van der Waals surface area contributed by atoms with E-state index in [4.69, 9.17) is 34.0 Å². The number of esters is 1. The van der Waals surface area contributed by atoms with Gasteiger partial charge in [-0.1, -0.05) is 38.5 Å². The number of hydrogen-bond donors (Lipinski definition) is 3. The highest BCUT2D eigenvalue weighted by atomic mass is 16.7. The van der Waals surface area contributed by atoms with Crippen molar-refractivity contribution in [2.45, 2.75) is 141 Å². The van der Waals surface area contributed by atoms with E-state index in [1.807, 2.05) is 46.7 Å². The van der Waals surface area contributed by atoms with Crippen LogP contribution in [0.3, 0.4) is 0 Å². The Morgan fingerprint density at radius 3 is 2.53 bits per heavy atom. The first-order chi connectivity index (χ1) is 26.9. The van der Waals surface area contributed by atoms with E-state index in [1.54, 1.807) is 18.7 Å². The summed E-state index contributed by atoms with van der Waals surface area (Å²) in [4.78, 5) is 60.4. The Balaban J connectivity index is 2.00. The first kappa shape index (κ1) is 47.9. The molecule has 0 aromatic rings. The number of Topliss-reactive ketones (excluding diaryl/α,β-unsaturated/α-hetero) is 1. The van der Waals surface area contributed by atoms with Crippen LogP contribution >= 0.6 is 0 Å². The third-order valence-corrected chi connectivity index (χ3v) is 11.7. The average Bonchev–Trinajstić information content (AvgIpc) is 3.44. The molecule has 3 saturated heterocycles. The summed E-state index contributed by atoms with van der Waals surface area (Å²) in [5.74, 6) is -3.54. The third kappa shape index (κ3) is 11.8. The van der Waals surface area contributed by atoms with E-state index in [9.17, 15) is 24.3 Å². The zero-order valence-electron chi connectivity index (χ0n) is 35.5. The lowest BCUT2D eigenvalue weighted by atomic mass is 9.78. The van der Waals surface area contributed by atoms with Crippen molar-refractivity contribution in [2.24, 2.45) is 22.9 Å². The number of hydrogen-bond acceptors (Lipinski definition) is 14. The van der Waals surface area contributed by atoms with Gasteiger partial charge in [0.05, 0.1) is 23.9 Å². The van der Waals surface area contributed by atoms with Crippen LogP contribution < -0.4 is 10.6 Å². The molecule has 0 saturated carbocycles. The van der Waals surface area contributed by atoms with Crippen molar-refractivity contribution in [3.05, 3.63) is 23.1 Å². The van der Waals surface area contributed by atoms with Gasteiger partial charge in [0, 0.05) is 49.7 Å². The van der Waals surface area contributed by atoms with Crippen LogP contribution in [-0.2, 0) is 38.0 Å². The van der Waals surface area contributed by atoms with Gasteiger partial charge in [0.15, 0.2) is 17.7 Å². The molecule has 324 valence electrons. The Morgan fingerprint density at radius 2 is 1.91 bits per heavy atom. The molecular weight excluding hydrogens is 742 g/mol. The molecule has 0 aromatic carbocycles. The molecule has 0 aliphatic carbocycles. The number of carbonyl (C=O) groups excluding carboxylic acids is 4. The van der Waals surface area contributed by atoms with Crippen molar-refractivity contribution in [2.75, 3.05) is 54.0 Å². The van der Waals surface area contributed by atoms with E-state index in [0.29, 0.717) is 51.7 Å². The van der Waals surface area contributed by atoms with Gasteiger partial charge in [0.2, 0.25) is 0 Å². The van der Waals surface area contributed by atoms with Crippen molar-refractivity contribution < 1.29 is 52.7 Å². The standard InChI is InChI=1S/C39H67N7O11/c1-12-18-53-36(50)42-22-27-19-28(45(9)10)31(48)35(54-27)56-33-24(4)30(47)25(5)34(49)55-29(13-2)39(8)32(26(6)41-21-23(3)20-38(33,7)52-11)46(37(51)57-39)17-15-14-16-43-44-40/h12,23-29,31-33,35,41,48H,1,13-22H2,2-11H3,(H,42,50)/t23-,24+,25-,26-,27?,28?,29-,31?,32-,33-,35+,38-,39-/m1/s1. The second-order valence-electron chi connectivity index (χ2n) is 16.3. The summed E-state index contributed by atoms with van der Waals surface area (Å²) in [5.41, 5.74) is 6.27. The summed E-state index contributed by atoms with van der Waals surface area (Å²) in [6.07, 6.45) is -2.46. The van der Waals surface area contributed by atoms with Crippen LogP contribution in [0.4, 0.5) is 9.59 Å². The average molecular weight is 810 g/mol. The predicted molar refractivity (Wildman–Crippen MR) is 210 cm³/mol. The Kier molecular flexibility index (Phi) is 18.0. The van der Waals surface area contributed by atoms with Gasteiger partial charge in [-0.15, -0.1) is 0 Å². The van der Waals surface area contributed by atoms with E-state index < -0.39 is 89.8 Å². The molecule has 13 atom stereocenters. The monoisotopic (exact) mass is 809 g/mol. The molecule has 3 heterocycles. The highest BCUT2D eigenvalue weighted by Crippen LogP contribution is 2.40. The number of azide groups is 1. The molecule has 3 N–H and O–H groups in total. The van der Waals surface area contributed by atoms with Gasteiger partial charge >= 0.3 is 18.2 Å². The molecule has 0 aromatic heterocycles. The topological polar surface area (TPSA) is 223 Å². The molecule has 0 bridgehead atoms. The number of amides is 2. The summed E-state index contributed by atoms with van der Waals surface area (Å²) in [5, 5.41) is 21.5. The second kappa shape index (κ2) is 21.5. The van der Waals surface area contributed by atoms with E-state index >= 15 is 0 Å². The number of ketones is 1. The molecule has 3 aliphatic heterocycles. The van der Waals surface area contributed by atoms with Crippen LogP contribution in [-0.4, -0.2) is 153 Å². The molecule has 3 rings (SSSR count). The van der Waals surface area contributed by atoms with Crippen LogP contribution in [0, 0.1) is 17.8 Å². The second-order valence-corrected chi connectivity index (χ2v) is 16.3. The number of rotatable bonds is 14. The minimum absolute atomic E-state index is 0.0380. The summed E-state index contributed by atoms with van der Waals surface area (Å²) < 4.78 is 36.5. The Morgan fingerprint density at radius 1 is 1.21 bits per heavy atom. The van der Waals surface area contributed by atoms with E-state index in [-0.39, 0.29) is 25.1 Å². The van der Waals surface area contributed by atoms with E-state index in [1.165, 1.54) is 20.1 Å². The first-order valence-electron chi connectivity index (χ1n) is 20.1. The summed E-state index contributed by atoms with van der Waals surface area (Å²) >= 11 is 0. The summed E-state index contributed by atoms with van der Waals surface area (Å²) in [7, 11) is 5.17. The summed E-state index contributed by atoms with van der Waals surface area (Å²) in [6, 6.07) is -1.34. The van der Waals surface area contributed by atoms with Gasteiger partial charge < -0.3 is 49.1 Å². The van der Waals surface area contributed by atoms with Crippen LogP contribution in [0.25, 0.3) is 10.4 Å². The van der Waals surface area contributed by atoms with E-state index in [2.05, 4.69) is 27.2 Å². The zero-order chi connectivity index (χ0) is 42.7. The normalized spacial score (nSPS) is 36.9. The number of cyclic esters (lactones) is 1. The molecule has 18 heteroatoms. The van der Waals surface area contributed by atoms with Gasteiger partial charge in [0.25, 0.3) is 0 Å². The fourth-order valence-electron chi connectivity index (χ4n) is 8.57. The molecule has 0 spiro atoms. The van der Waals surface area contributed by atoms with E-state index in [0.717, 1.165) is 0 Å². The SMILES string of the molecule is C=CCOC(=O)NCC1CC(N(C)C)C(O)[C@H](O[C@@H]2[C@@H](C)C(=O)[C@@H](C)C(=O)O[C@H](CC)[C@@]3(C)OC(=O)N(CCCCN=[N+]=[N-])[C@@H]3[C@@H](C)NC[C@H](C)C[C@@]2(C)OC)O1. The fraction of sp³-hybridized carbons (Fsp3) is 0.846. The number of aliphatic hydroxyl groups is 1. The lowest BCUT2D eigenvalue weighted by Gasteiger charge is -2.47. The first-order valence-corrected chi connectivity index (χ1v) is 20.1. The number of nitrogens with one attached hydrogen (secondary N) is 2. The van der Waals surface area contributed by atoms with Gasteiger partial charge in [-0.3, -0.25) is 14.5 Å². The lowest BCUT2D eigenvalue weighted by molar-refractivity contribution is -0.296.